The molecule has 0 bridgehead atoms. The van der Waals surface area contributed by atoms with Gasteiger partial charge in [0.25, 0.3) is 0 Å². The molecule has 0 radical (unpaired) electrons. The van der Waals surface area contributed by atoms with Crippen molar-refractivity contribution >= 4 is 0 Å². The lowest BCUT2D eigenvalue weighted by molar-refractivity contribution is -0.178. The molecule has 3 nitrogen and oxygen atoms in total. The highest BCUT2D eigenvalue weighted by Crippen LogP contribution is 2.37. The molecule has 2 heterocycles. The molecule has 0 aromatic rings. The van der Waals surface area contributed by atoms with Crippen LogP contribution >= 0.6 is 0 Å². The smallest absolute Gasteiger partial charge is 0.164 e. The van der Waals surface area contributed by atoms with E-state index in [2.05, 4.69) is 13.8 Å². The Morgan fingerprint density at radius 3 is 2.54 bits per heavy atom. The van der Waals surface area contributed by atoms with Gasteiger partial charge in [-0.3, -0.25) is 0 Å². The van der Waals surface area contributed by atoms with Gasteiger partial charge in [-0.1, -0.05) is 13.8 Å². The zero-order chi connectivity index (χ0) is 9.64. The first-order valence-electron chi connectivity index (χ1n) is 4.97. The Morgan fingerprint density at radius 2 is 1.92 bits per heavy atom. The lowest BCUT2D eigenvalue weighted by atomic mass is 10.0. The summed E-state index contributed by atoms with van der Waals surface area (Å²) in [5.74, 6) is 0.0687. The highest BCUT2D eigenvalue weighted by molar-refractivity contribution is 4.93. The van der Waals surface area contributed by atoms with Crippen LogP contribution in [-0.2, 0) is 14.2 Å². The van der Waals surface area contributed by atoms with Crippen molar-refractivity contribution in [2.75, 3.05) is 6.61 Å². The van der Waals surface area contributed by atoms with E-state index >= 15 is 0 Å². The Bertz CT molecular complexity index is 200. The molecule has 13 heavy (non-hydrogen) atoms. The van der Waals surface area contributed by atoms with Crippen LogP contribution in [-0.4, -0.2) is 30.7 Å². The Kier molecular flexibility index (Phi) is 2.13. The number of fused-ring (bicyclic) bond motifs is 1. The van der Waals surface area contributed by atoms with Crippen molar-refractivity contribution in [1.82, 2.24) is 0 Å². The molecule has 2 rings (SSSR count). The SMILES string of the molecule is CC(C)C1OCC2OC(C)(C)OC21. The van der Waals surface area contributed by atoms with E-state index in [9.17, 15) is 0 Å². The molecule has 2 aliphatic rings. The Morgan fingerprint density at radius 1 is 1.23 bits per heavy atom. The average molecular weight is 186 g/mol. The van der Waals surface area contributed by atoms with Gasteiger partial charge < -0.3 is 14.2 Å². The largest absolute Gasteiger partial charge is 0.372 e. The first-order valence-corrected chi connectivity index (χ1v) is 4.97. The van der Waals surface area contributed by atoms with Gasteiger partial charge in [0.05, 0.1) is 12.7 Å². The third-order valence-corrected chi connectivity index (χ3v) is 2.66. The van der Waals surface area contributed by atoms with Gasteiger partial charge in [-0.05, 0) is 19.8 Å². The fourth-order valence-corrected chi connectivity index (χ4v) is 2.14. The van der Waals surface area contributed by atoms with E-state index in [0.717, 1.165) is 0 Å². The van der Waals surface area contributed by atoms with Crippen LogP contribution in [0.1, 0.15) is 27.7 Å². The van der Waals surface area contributed by atoms with Crippen molar-refractivity contribution in [3.63, 3.8) is 0 Å². The van der Waals surface area contributed by atoms with Crippen molar-refractivity contribution in [3.8, 4) is 0 Å². The normalized spacial score (nSPS) is 42.7. The van der Waals surface area contributed by atoms with Crippen LogP contribution < -0.4 is 0 Å². The van der Waals surface area contributed by atoms with E-state index in [4.69, 9.17) is 14.2 Å². The van der Waals surface area contributed by atoms with Gasteiger partial charge >= 0.3 is 0 Å². The molecule has 0 aromatic carbocycles. The van der Waals surface area contributed by atoms with Crippen molar-refractivity contribution in [2.45, 2.75) is 51.8 Å². The zero-order valence-corrected chi connectivity index (χ0v) is 8.74. The van der Waals surface area contributed by atoms with E-state index in [1.165, 1.54) is 0 Å². The lowest BCUT2D eigenvalue weighted by Crippen LogP contribution is -2.33. The molecule has 2 fully saturated rings. The Balaban J connectivity index is 2.08. The second kappa shape index (κ2) is 2.94. The summed E-state index contributed by atoms with van der Waals surface area (Å²) in [5, 5.41) is 0. The molecule has 0 N–H and O–H groups in total. The maximum absolute atomic E-state index is 5.80. The minimum atomic E-state index is -0.424. The third-order valence-electron chi connectivity index (χ3n) is 2.66. The summed E-state index contributed by atoms with van der Waals surface area (Å²) in [6.45, 7) is 8.91. The molecule has 0 amide bonds. The molecule has 0 saturated carbocycles. The molecule has 0 aliphatic carbocycles. The van der Waals surface area contributed by atoms with Gasteiger partial charge in [0.1, 0.15) is 12.2 Å². The average Bonchev–Trinajstić information content (AvgIpc) is 2.41. The summed E-state index contributed by atoms with van der Waals surface area (Å²) in [5.41, 5.74) is 0. The maximum atomic E-state index is 5.80. The Labute approximate surface area is 79.4 Å². The number of rotatable bonds is 1. The van der Waals surface area contributed by atoms with Crippen molar-refractivity contribution in [2.24, 2.45) is 5.92 Å². The van der Waals surface area contributed by atoms with E-state index in [1.54, 1.807) is 0 Å². The number of ether oxygens (including phenoxy) is 3. The fourth-order valence-electron chi connectivity index (χ4n) is 2.14. The predicted molar refractivity (Wildman–Crippen MR) is 48.4 cm³/mol. The first-order chi connectivity index (χ1) is 5.99. The minimum absolute atomic E-state index is 0.134. The van der Waals surface area contributed by atoms with Gasteiger partial charge in [0.15, 0.2) is 5.79 Å². The molecule has 2 aliphatic heterocycles. The van der Waals surface area contributed by atoms with Gasteiger partial charge in [0.2, 0.25) is 0 Å². The van der Waals surface area contributed by atoms with E-state index < -0.39 is 5.79 Å². The monoisotopic (exact) mass is 186 g/mol. The first kappa shape index (κ1) is 9.44. The van der Waals surface area contributed by atoms with Crippen LogP contribution in [0.4, 0.5) is 0 Å². The van der Waals surface area contributed by atoms with Crippen LogP contribution in [0.15, 0.2) is 0 Å². The topological polar surface area (TPSA) is 27.7 Å². The second-order valence-electron chi connectivity index (χ2n) is 4.68. The van der Waals surface area contributed by atoms with Crippen LogP contribution in [0.25, 0.3) is 0 Å². The third kappa shape index (κ3) is 1.60. The molecule has 3 unspecified atom stereocenters. The number of hydrogen-bond acceptors (Lipinski definition) is 3. The standard InChI is InChI=1S/C10H18O3/c1-6(2)8-9-7(5-11-8)12-10(3,4)13-9/h6-9H,5H2,1-4H3. The van der Waals surface area contributed by atoms with E-state index in [1.807, 2.05) is 13.8 Å². The minimum Gasteiger partial charge on any atom is -0.372 e. The van der Waals surface area contributed by atoms with Crippen LogP contribution in [0.2, 0.25) is 0 Å². The molecule has 2 saturated heterocycles. The van der Waals surface area contributed by atoms with Crippen LogP contribution in [0.3, 0.4) is 0 Å². The molecule has 0 aromatic heterocycles. The molecule has 3 atom stereocenters. The summed E-state index contributed by atoms with van der Waals surface area (Å²) < 4.78 is 17.1. The molecule has 76 valence electrons. The highest BCUT2D eigenvalue weighted by Gasteiger charge is 2.50. The van der Waals surface area contributed by atoms with Crippen molar-refractivity contribution in [1.29, 1.82) is 0 Å². The summed E-state index contributed by atoms with van der Waals surface area (Å²) in [4.78, 5) is 0. The van der Waals surface area contributed by atoms with Crippen LogP contribution in [0.5, 0.6) is 0 Å². The fraction of sp³-hybridized carbons (Fsp3) is 1.00. The Hall–Kier alpha value is -0.120. The zero-order valence-electron chi connectivity index (χ0n) is 8.74. The summed E-state index contributed by atoms with van der Waals surface area (Å²) in [7, 11) is 0. The number of hydrogen-bond donors (Lipinski definition) is 0. The molecular formula is C10H18O3. The van der Waals surface area contributed by atoms with Crippen LogP contribution in [0, 0.1) is 5.92 Å². The lowest BCUT2D eigenvalue weighted by Gasteiger charge is -2.23. The predicted octanol–water partition coefficient (Wildman–Crippen LogP) is 1.56. The van der Waals surface area contributed by atoms with Crippen molar-refractivity contribution in [3.05, 3.63) is 0 Å². The van der Waals surface area contributed by atoms with Crippen molar-refractivity contribution < 1.29 is 14.2 Å². The highest BCUT2D eigenvalue weighted by atomic mass is 16.8. The summed E-state index contributed by atoms with van der Waals surface area (Å²) >= 11 is 0. The maximum Gasteiger partial charge on any atom is 0.164 e. The van der Waals surface area contributed by atoms with E-state index in [0.29, 0.717) is 12.5 Å². The van der Waals surface area contributed by atoms with Gasteiger partial charge in [-0.15, -0.1) is 0 Å². The molecule has 3 heteroatoms. The summed E-state index contributed by atoms with van der Waals surface area (Å²) in [6.07, 6.45) is 0.476. The van der Waals surface area contributed by atoms with Gasteiger partial charge in [-0.2, -0.15) is 0 Å². The molecular weight excluding hydrogens is 168 g/mol. The van der Waals surface area contributed by atoms with E-state index in [-0.39, 0.29) is 18.3 Å². The molecule has 0 spiro atoms. The summed E-state index contributed by atoms with van der Waals surface area (Å²) in [6, 6.07) is 0. The second-order valence-corrected chi connectivity index (χ2v) is 4.68. The van der Waals surface area contributed by atoms with Gasteiger partial charge in [-0.25, -0.2) is 0 Å². The van der Waals surface area contributed by atoms with Gasteiger partial charge in [0, 0.05) is 0 Å². The quantitative estimate of drug-likeness (QED) is 0.622.